The summed E-state index contributed by atoms with van der Waals surface area (Å²) in [6.07, 6.45) is 3.33. The minimum atomic E-state index is -3.74. The fourth-order valence-electron chi connectivity index (χ4n) is 1.96. The number of halogens is 1. The second-order valence-electron chi connectivity index (χ2n) is 4.63. The van der Waals surface area contributed by atoms with Gasteiger partial charge in [0.05, 0.1) is 18.0 Å². The molecule has 2 N–H and O–H groups in total. The highest BCUT2D eigenvalue weighted by atomic mass is 35.5. The number of nitrogens with one attached hydrogen (secondary N) is 1. The van der Waals surface area contributed by atoms with E-state index in [1.54, 1.807) is 37.0 Å². The van der Waals surface area contributed by atoms with Crippen LogP contribution in [0.1, 0.15) is 17.0 Å². The van der Waals surface area contributed by atoms with Gasteiger partial charge in [-0.15, -0.1) is 0 Å². The van der Waals surface area contributed by atoms with Crippen LogP contribution < -0.4 is 4.72 Å². The normalized spacial score (nSPS) is 11.8. The molecule has 0 amide bonds. The van der Waals surface area contributed by atoms with Crippen molar-refractivity contribution in [2.75, 3.05) is 0 Å². The molecule has 0 radical (unpaired) electrons. The van der Waals surface area contributed by atoms with E-state index in [9.17, 15) is 13.5 Å². The largest absolute Gasteiger partial charge is 0.392 e. The molecule has 2 rings (SSSR count). The van der Waals surface area contributed by atoms with Crippen molar-refractivity contribution in [1.29, 1.82) is 0 Å². The molecule has 0 spiro atoms. The molecule has 0 aliphatic rings. The van der Waals surface area contributed by atoms with Crippen molar-refractivity contribution in [1.82, 2.24) is 14.3 Å². The predicted octanol–water partition coefficient (Wildman–Crippen LogP) is 1.35. The van der Waals surface area contributed by atoms with Gasteiger partial charge in [0.2, 0.25) is 10.0 Å². The van der Waals surface area contributed by atoms with Crippen molar-refractivity contribution in [2.24, 2.45) is 7.05 Å². The lowest BCUT2D eigenvalue weighted by Gasteiger charge is -2.12. The highest BCUT2D eigenvalue weighted by molar-refractivity contribution is 7.89. The number of rotatable bonds is 5. The van der Waals surface area contributed by atoms with Gasteiger partial charge < -0.3 is 9.67 Å². The lowest BCUT2D eigenvalue weighted by atomic mass is 10.1. The first-order valence-electron chi connectivity index (χ1n) is 6.21. The van der Waals surface area contributed by atoms with E-state index in [1.165, 1.54) is 6.07 Å². The van der Waals surface area contributed by atoms with Crippen LogP contribution in [-0.4, -0.2) is 23.1 Å². The number of sulfonamides is 1. The van der Waals surface area contributed by atoms with Crippen LogP contribution in [-0.2, 0) is 30.2 Å². The van der Waals surface area contributed by atoms with Crippen molar-refractivity contribution in [2.45, 2.75) is 25.0 Å². The molecule has 0 unspecified atom stereocenters. The third kappa shape index (κ3) is 3.44. The zero-order chi connectivity index (χ0) is 15.6. The fraction of sp³-hybridized carbons (Fsp3) is 0.308. The summed E-state index contributed by atoms with van der Waals surface area (Å²) in [4.78, 5) is 4.12. The van der Waals surface area contributed by atoms with E-state index in [0.29, 0.717) is 17.0 Å². The average molecular weight is 330 g/mol. The Morgan fingerprint density at radius 3 is 2.71 bits per heavy atom. The van der Waals surface area contributed by atoms with Crippen molar-refractivity contribution in [3.63, 3.8) is 0 Å². The third-order valence-electron chi connectivity index (χ3n) is 3.23. The Morgan fingerprint density at radius 2 is 2.14 bits per heavy atom. The maximum Gasteiger partial charge on any atom is 0.241 e. The highest BCUT2D eigenvalue weighted by Crippen LogP contribution is 2.24. The third-order valence-corrected chi connectivity index (χ3v) is 4.98. The van der Waals surface area contributed by atoms with E-state index >= 15 is 0 Å². The summed E-state index contributed by atoms with van der Waals surface area (Å²) in [5.41, 5.74) is 0.967. The molecule has 0 saturated carbocycles. The molecular weight excluding hydrogens is 314 g/mol. The topological polar surface area (TPSA) is 84.2 Å². The number of imidazole rings is 1. The quantitative estimate of drug-likeness (QED) is 0.867. The van der Waals surface area contributed by atoms with Crippen LogP contribution in [0.3, 0.4) is 0 Å². The van der Waals surface area contributed by atoms with Gasteiger partial charge in [-0.25, -0.2) is 18.1 Å². The lowest BCUT2D eigenvalue weighted by molar-refractivity contribution is 0.280. The first kappa shape index (κ1) is 16.0. The van der Waals surface area contributed by atoms with Gasteiger partial charge in [-0.2, -0.15) is 0 Å². The first-order valence-corrected chi connectivity index (χ1v) is 8.07. The molecule has 21 heavy (non-hydrogen) atoms. The summed E-state index contributed by atoms with van der Waals surface area (Å²) in [7, 11) is -1.95. The molecule has 0 saturated heterocycles. The van der Waals surface area contributed by atoms with Gasteiger partial charge in [0, 0.05) is 24.5 Å². The van der Waals surface area contributed by atoms with Gasteiger partial charge >= 0.3 is 0 Å². The smallest absolute Gasteiger partial charge is 0.241 e. The fourth-order valence-corrected chi connectivity index (χ4v) is 3.55. The Balaban J connectivity index is 2.32. The minimum Gasteiger partial charge on any atom is -0.392 e. The van der Waals surface area contributed by atoms with E-state index in [-0.39, 0.29) is 23.1 Å². The second kappa shape index (κ2) is 6.15. The van der Waals surface area contributed by atoms with Crippen LogP contribution >= 0.6 is 11.6 Å². The van der Waals surface area contributed by atoms with Gasteiger partial charge in [-0.1, -0.05) is 11.6 Å². The molecule has 8 heteroatoms. The van der Waals surface area contributed by atoms with Crippen molar-refractivity contribution in [3.05, 3.63) is 46.5 Å². The molecule has 6 nitrogen and oxygen atoms in total. The zero-order valence-electron chi connectivity index (χ0n) is 11.7. The standard InChI is InChI=1S/C13H16ClN3O3S/c1-9-10(8-18)5-11(14)6-12(9)21(19,20)16-7-13-15-3-4-17(13)2/h3-6,16,18H,7-8H2,1-2H3. The van der Waals surface area contributed by atoms with Crippen molar-refractivity contribution < 1.29 is 13.5 Å². The van der Waals surface area contributed by atoms with E-state index in [0.717, 1.165) is 0 Å². The highest BCUT2D eigenvalue weighted by Gasteiger charge is 2.20. The van der Waals surface area contributed by atoms with Crippen LogP contribution in [0.5, 0.6) is 0 Å². The number of benzene rings is 1. The molecule has 0 atom stereocenters. The van der Waals surface area contributed by atoms with E-state index in [4.69, 9.17) is 11.6 Å². The van der Waals surface area contributed by atoms with Gasteiger partial charge in [0.25, 0.3) is 0 Å². The average Bonchev–Trinajstić information content (AvgIpc) is 2.84. The number of aliphatic hydroxyl groups excluding tert-OH is 1. The summed E-state index contributed by atoms with van der Waals surface area (Å²) in [5.74, 6) is 0.598. The van der Waals surface area contributed by atoms with Gasteiger partial charge in [-0.3, -0.25) is 0 Å². The zero-order valence-corrected chi connectivity index (χ0v) is 13.2. The van der Waals surface area contributed by atoms with Crippen molar-refractivity contribution >= 4 is 21.6 Å². The minimum absolute atomic E-state index is 0.0632. The number of hydrogen-bond donors (Lipinski definition) is 2. The molecule has 1 aromatic heterocycles. The molecule has 0 bridgehead atoms. The van der Waals surface area contributed by atoms with Gasteiger partial charge in [0.15, 0.2) is 0 Å². The van der Waals surface area contributed by atoms with E-state index in [2.05, 4.69) is 9.71 Å². The molecule has 0 aliphatic heterocycles. The molecular formula is C13H16ClN3O3S. The van der Waals surface area contributed by atoms with Crippen LogP contribution in [0.4, 0.5) is 0 Å². The molecule has 1 heterocycles. The number of aromatic nitrogens is 2. The lowest BCUT2D eigenvalue weighted by Crippen LogP contribution is -2.25. The van der Waals surface area contributed by atoms with E-state index < -0.39 is 10.0 Å². The monoisotopic (exact) mass is 329 g/mol. The van der Waals surface area contributed by atoms with E-state index in [1.807, 2.05) is 0 Å². The number of nitrogens with zero attached hydrogens (tertiary/aromatic N) is 2. The molecule has 0 fully saturated rings. The maximum atomic E-state index is 12.4. The molecule has 0 aliphatic carbocycles. The molecule has 114 valence electrons. The summed E-state index contributed by atoms with van der Waals surface area (Å²) < 4.78 is 29.0. The Kier molecular flexibility index (Phi) is 4.67. The number of hydrogen-bond acceptors (Lipinski definition) is 4. The predicted molar refractivity (Wildman–Crippen MR) is 79.3 cm³/mol. The van der Waals surface area contributed by atoms with Crippen LogP contribution in [0, 0.1) is 6.92 Å². The Bertz CT molecular complexity index is 756. The van der Waals surface area contributed by atoms with Gasteiger partial charge in [-0.05, 0) is 30.2 Å². The maximum absolute atomic E-state index is 12.4. The first-order chi connectivity index (χ1) is 9.85. The summed E-state index contributed by atoms with van der Waals surface area (Å²) in [6, 6.07) is 2.92. The molecule has 1 aromatic carbocycles. The Labute approximate surface area is 128 Å². The van der Waals surface area contributed by atoms with Crippen LogP contribution in [0.25, 0.3) is 0 Å². The summed E-state index contributed by atoms with van der Waals surface area (Å²) >= 11 is 5.91. The summed E-state index contributed by atoms with van der Waals surface area (Å²) in [6.45, 7) is 1.44. The Hall–Kier alpha value is -1.41. The SMILES string of the molecule is Cc1c(CO)cc(Cl)cc1S(=O)(=O)NCc1nccn1C. The Morgan fingerprint density at radius 1 is 1.43 bits per heavy atom. The van der Waals surface area contributed by atoms with Crippen molar-refractivity contribution in [3.8, 4) is 0 Å². The van der Waals surface area contributed by atoms with Crippen LogP contribution in [0.15, 0.2) is 29.4 Å². The number of aliphatic hydroxyl groups is 1. The number of aryl methyl sites for hydroxylation is 1. The molecule has 2 aromatic rings. The second-order valence-corrected chi connectivity index (χ2v) is 6.80. The van der Waals surface area contributed by atoms with Gasteiger partial charge in [0.1, 0.15) is 5.82 Å². The summed E-state index contributed by atoms with van der Waals surface area (Å²) in [5, 5.41) is 9.53. The van der Waals surface area contributed by atoms with Crippen LogP contribution in [0.2, 0.25) is 5.02 Å².